The Morgan fingerprint density at radius 3 is 2.43 bits per heavy atom. The second kappa shape index (κ2) is 9.82. The zero-order valence-electron chi connectivity index (χ0n) is 25.3. The van der Waals surface area contributed by atoms with Gasteiger partial charge in [0.05, 0.1) is 34.6 Å². The lowest BCUT2D eigenvalue weighted by molar-refractivity contribution is -0.149. The molecule has 1 saturated heterocycles. The van der Waals surface area contributed by atoms with E-state index in [1.54, 1.807) is 0 Å². The number of benzene rings is 1. The van der Waals surface area contributed by atoms with Gasteiger partial charge in [0.25, 0.3) is 5.56 Å². The second-order valence-electron chi connectivity index (χ2n) is 12.9. The first kappa shape index (κ1) is 27.4. The Kier molecular flexibility index (Phi) is 6.42. The highest BCUT2D eigenvalue weighted by Crippen LogP contribution is 2.47. The molecular formula is C33H40N4O5. The minimum Gasteiger partial charge on any atom is -0.490 e. The third kappa shape index (κ3) is 4.32. The summed E-state index contributed by atoms with van der Waals surface area (Å²) < 4.78 is 26.5. The zero-order valence-corrected chi connectivity index (χ0v) is 25.3. The van der Waals surface area contributed by atoms with Crippen LogP contribution in [-0.2, 0) is 34.8 Å². The van der Waals surface area contributed by atoms with E-state index in [0.717, 1.165) is 71.9 Å². The van der Waals surface area contributed by atoms with Crippen LogP contribution < -0.4 is 15.0 Å². The summed E-state index contributed by atoms with van der Waals surface area (Å²) in [6.07, 6.45) is 0.592. The fourth-order valence-corrected chi connectivity index (χ4v) is 6.92. The lowest BCUT2D eigenvalue weighted by Gasteiger charge is -2.43. The number of hydrogen-bond acceptors (Lipinski definition) is 8. The van der Waals surface area contributed by atoms with E-state index >= 15 is 0 Å². The molecule has 1 aromatic carbocycles. The molecule has 0 bridgehead atoms. The number of pyridine rings is 2. The van der Waals surface area contributed by atoms with Crippen LogP contribution in [0.25, 0.3) is 22.3 Å². The largest absolute Gasteiger partial charge is 0.490 e. The van der Waals surface area contributed by atoms with E-state index in [9.17, 15) is 4.79 Å². The molecule has 9 heteroatoms. The molecule has 0 saturated carbocycles. The number of likely N-dealkylation sites (N-methyl/N-ethyl adjacent to an activating group) is 1. The SMILES string of the molecule is C=C1OCc2c(cc3n(c2=O)Cc2c-3nc3cc4c(cc3c2CN2CCN(C)CC2)OCCO4)[C@]1(CC)OC(C)(C)C. The van der Waals surface area contributed by atoms with Crippen molar-refractivity contribution in [1.29, 1.82) is 0 Å². The van der Waals surface area contributed by atoms with Crippen molar-refractivity contribution in [2.45, 2.75) is 65.0 Å². The lowest BCUT2D eigenvalue weighted by Crippen LogP contribution is -2.44. The molecule has 1 fully saturated rings. The van der Waals surface area contributed by atoms with Crippen LogP contribution in [0.1, 0.15) is 56.4 Å². The topological polar surface area (TPSA) is 78.3 Å². The summed E-state index contributed by atoms with van der Waals surface area (Å²) in [6.45, 7) is 18.9. The molecule has 3 aromatic rings. The van der Waals surface area contributed by atoms with Gasteiger partial charge in [-0.05, 0) is 51.9 Å². The number of aromatic nitrogens is 2. The van der Waals surface area contributed by atoms with E-state index in [0.29, 0.717) is 43.3 Å². The summed E-state index contributed by atoms with van der Waals surface area (Å²) in [5, 5.41) is 1.05. The van der Waals surface area contributed by atoms with Gasteiger partial charge in [0.2, 0.25) is 0 Å². The Labute approximate surface area is 246 Å². The van der Waals surface area contributed by atoms with Crippen LogP contribution in [0.4, 0.5) is 0 Å². The van der Waals surface area contributed by atoms with Gasteiger partial charge in [0, 0.05) is 55.3 Å². The minimum absolute atomic E-state index is 0.0519. The third-order valence-corrected chi connectivity index (χ3v) is 9.06. The molecular weight excluding hydrogens is 532 g/mol. The number of ether oxygens (including phenoxy) is 4. The van der Waals surface area contributed by atoms with Gasteiger partial charge in [-0.25, -0.2) is 4.98 Å². The van der Waals surface area contributed by atoms with Crippen molar-refractivity contribution in [3.05, 3.63) is 63.1 Å². The molecule has 7 rings (SSSR count). The fourth-order valence-electron chi connectivity index (χ4n) is 6.92. The first-order valence-corrected chi connectivity index (χ1v) is 15.0. The van der Waals surface area contributed by atoms with E-state index in [1.165, 1.54) is 5.56 Å². The molecule has 42 heavy (non-hydrogen) atoms. The third-order valence-electron chi connectivity index (χ3n) is 9.06. The predicted molar refractivity (Wildman–Crippen MR) is 161 cm³/mol. The molecule has 0 unspecified atom stereocenters. The predicted octanol–water partition coefficient (Wildman–Crippen LogP) is 4.41. The zero-order chi connectivity index (χ0) is 29.4. The second-order valence-corrected chi connectivity index (χ2v) is 12.9. The summed E-state index contributed by atoms with van der Waals surface area (Å²) in [5.41, 5.74) is 4.82. The highest BCUT2D eigenvalue weighted by Gasteiger charge is 2.46. The molecule has 1 atom stereocenters. The van der Waals surface area contributed by atoms with Gasteiger partial charge in [-0.1, -0.05) is 13.5 Å². The van der Waals surface area contributed by atoms with Crippen LogP contribution in [0.3, 0.4) is 0 Å². The Balaban J connectivity index is 1.44. The fraction of sp³-hybridized carbons (Fsp3) is 0.515. The quantitative estimate of drug-likeness (QED) is 0.356. The van der Waals surface area contributed by atoms with Crippen LogP contribution in [0.2, 0.25) is 0 Å². The smallest absolute Gasteiger partial charge is 0.258 e. The van der Waals surface area contributed by atoms with Crippen molar-refractivity contribution in [3.63, 3.8) is 0 Å². The monoisotopic (exact) mass is 572 g/mol. The molecule has 4 aliphatic heterocycles. The van der Waals surface area contributed by atoms with Crippen LogP contribution >= 0.6 is 0 Å². The number of rotatable bonds is 4. The highest BCUT2D eigenvalue weighted by molar-refractivity contribution is 5.90. The van der Waals surface area contributed by atoms with Crippen molar-refractivity contribution in [1.82, 2.24) is 19.4 Å². The molecule has 0 spiro atoms. The maximum Gasteiger partial charge on any atom is 0.258 e. The van der Waals surface area contributed by atoms with Crippen LogP contribution in [0.5, 0.6) is 11.5 Å². The lowest BCUT2D eigenvalue weighted by atomic mass is 9.83. The van der Waals surface area contributed by atoms with E-state index < -0.39 is 11.2 Å². The average Bonchev–Trinajstić information content (AvgIpc) is 3.33. The van der Waals surface area contributed by atoms with Crippen molar-refractivity contribution >= 4 is 10.9 Å². The first-order valence-electron chi connectivity index (χ1n) is 15.0. The summed E-state index contributed by atoms with van der Waals surface area (Å²) >= 11 is 0. The minimum atomic E-state index is -0.924. The average molecular weight is 573 g/mol. The van der Waals surface area contributed by atoms with Crippen molar-refractivity contribution < 1.29 is 18.9 Å². The standard InChI is InChI=1S/C33H40N4O5/c1-7-33(42-32(3,4)5)20(2)41-19-24-25(33)15-27-30-23(18-37(27)31(24)38)22(17-36-10-8-35(6)9-11-36)21-14-28-29(16-26(21)34-30)40-13-12-39-28/h14-16H,2,7-13,17-19H2,1,3-6H3/t33-/m1/s1. The van der Waals surface area contributed by atoms with Crippen molar-refractivity contribution in [2.75, 3.05) is 46.4 Å². The molecule has 0 radical (unpaired) electrons. The Morgan fingerprint density at radius 2 is 1.74 bits per heavy atom. The summed E-state index contributed by atoms with van der Waals surface area (Å²) in [5.74, 6) is 2.01. The van der Waals surface area contributed by atoms with Crippen LogP contribution in [-0.4, -0.2) is 71.4 Å². The Morgan fingerprint density at radius 1 is 1.02 bits per heavy atom. The van der Waals surface area contributed by atoms with Gasteiger partial charge >= 0.3 is 0 Å². The molecule has 4 aliphatic rings. The maximum atomic E-state index is 14.2. The summed E-state index contributed by atoms with van der Waals surface area (Å²) in [6, 6.07) is 6.18. The van der Waals surface area contributed by atoms with E-state index in [-0.39, 0.29) is 12.2 Å². The normalized spacial score (nSPS) is 22.1. The van der Waals surface area contributed by atoms with Gasteiger partial charge in [0.1, 0.15) is 25.6 Å². The van der Waals surface area contributed by atoms with Gasteiger partial charge < -0.3 is 28.4 Å². The van der Waals surface area contributed by atoms with E-state index in [2.05, 4.69) is 42.5 Å². The van der Waals surface area contributed by atoms with Crippen molar-refractivity contribution in [2.24, 2.45) is 0 Å². The summed E-state index contributed by atoms with van der Waals surface area (Å²) in [7, 11) is 2.17. The molecule has 6 heterocycles. The van der Waals surface area contributed by atoms with Crippen LogP contribution in [0, 0.1) is 0 Å². The van der Waals surface area contributed by atoms with E-state index in [4.69, 9.17) is 23.9 Å². The molecule has 222 valence electrons. The number of nitrogens with zero attached hydrogens (tertiary/aromatic N) is 4. The van der Waals surface area contributed by atoms with Crippen molar-refractivity contribution in [3.8, 4) is 22.9 Å². The van der Waals surface area contributed by atoms with E-state index in [1.807, 2.05) is 31.4 Å². The summed E-state index contributed by atoms with van der Waals surface area (Å²) in [4.78, 5) is 24.3. The number of piperazine rings is 1. The molecule has 2 aromatic heterocycles. The Bertz CT molecular complexity index is 1660. The van der Waals surface area contributed by atoms with Gasteiger partial charge in [-0.3, -0.25) is 9.69 Å². The molecule has 0 N–H and O–H groups in total. The number of fused-ring (bicyclic) bond motifs is 6. The molecule has 0 aliphatic carbocycles. The molecule has 9 nitrogen and oxygen atoms in total. The Hall–Kier alpha value is -3.40. The van der Waals surface area contributed by atoms with Gasteiger partial charge in [-0.15, -0.1) is 0 Å². The van der Waals surface area contributed by atoms with Gasteiger partial charge in [0.15, 0.2) is 17.1 Å². The molecule has 0 amide bonds. The highest BCUT2D eigenvalue weighted by atomic mass is 16.6. The van der Waals surface area contributed by atoms with Crippen LogP contribution in [0.15, 0.2) is 35.3 Å². The first-order chi connectivity index (χ1) is 20.1. The van der Waals surface area contributed by atoms with Gasteiger partial charge in [-0.2, -0.15) is 0 Å². The number of hydrogen-bond donors (Lipinski definition) is 0. The maximum absolute atomic E-state index is 14.2.